The van der Waals surface area contributed by atoms with E-state index in [2.05, 4.69) is 67.3 Å². The van der Waals surface area contributed by atoms with Gasteiger partial charge in [0, 0.05) is 9.13 Å². The van der Waals surface area contributed by atoms with Gasteiger partial charge in [-0.1, -0.05) is 12.1 Å². The fourth-order valence-electron chi connectivity index (χ4n) is 2.37. The van der Waals surface area contributed by atoms with Crippen LogP contribution in [-0.4, -0.2) is 16.6 Å². The van der Waals surface area contributed by atoms with Crippen molar-refractivity contribution in [2.45, 2.75) is 6.92 Å². The number of halogens is 2. The van der Waals surface area contributed by atoms with Gasteiger partial charge in [0.05, 0.1) is 26.8 Å². The van der Waals surface area contributed by atoms with Crippen molar-refractivity contribution in [1.29, 1.82) is 5.26 Å². The van der Waals surface area contributed by atoms with Crippen LogP contribution in [-0.2, 0) is 0 Å². The van der Waals surface area contributed by atoms with Gasteiger partial charge >= 0.3 is 0 Å². The molecule has 0 amide bonds. The van der Waals surface area contributed by atoms with Crippen molar-refractivity contribution in [2.24, 2.45) is 0 Å². The third-order valence-corrected chi connectivity index (χ3v) is 4.81. The number of fused-ring (bicyclic) bond motifs is 1. The van der Waals surface area contributed by atoms with Crippen molar-refractivity contribution in [1.82, 2.24) is 9.97 Å². The summed E-state index contributed by atoms with van der Waals surface area (Å²) in [5.74, 6) is 1.36. The quantitative estimate of drug-likeness (QED) is 0.364. The number of H-pyrrole nitrogens is 1. The van der Waals surface area contributed by atoms with Gasteiger partial charge in [-0.05, 0) is 82.4 Å². The number of benzene rings is 2. The molecule has 0 bridgehead atoms. The van der Waals surface area contributed by atoms with Gasteiger partial charge in [-0.15, -0.1) is 0 Å². The van der Waals surface area contributed by atoms with Crippen molar-refractivity contribution in [3.63, 3.8) is 0 Å². The van der Waals surface area contributed by atoms with Crippen molar-refractivity contribution in [3.05, 3.63) is 54.9 Å². The Morgan fingerprint density at radius 1 is 1.33 bits per heavy atom. The van der Waals surface area contributed by atoms with E-state index in [0.29, 0.717) is 18.0 Å². The number of nitrogens with one attached hydrogen (secondary N) is 1. The summed E-state index contributed by atoms with van der Waals surface area (Å²) < 4.78 is 7.88. The minimum absolute atomic E-state index is 0.477. The first-order chi connectivity index (χ1) is 11.6. The summed E-state index contributed by atoms with van der Waals surface area (Å²) in [4.78, 5) is 7.71. The second kappa shape index (κ2) is 7.53. The fraction of sp³-hybridized carbons (Fsp3) is 0.111. The summed E-state index contributed by atoms with van der Waals surface area (Å²) in [5.41, 5.74) is 3.11. The molecule has 0 aliphatic heterocycles. The number of allylic oxidation sites excluding steroid dienone is 1. The SMILES string of the molecule is CCOc1c(I)cc(I)cc1C=C(C#N)c1nc2ccccc2[nH]1. The number of para-hydroxylation sites is 2. The van der Waals surface area contributed by atoms with E-state index in [1.807, 2.05) is 43.3 Å². The number of nitrogens with zero attached hydrogens (tertiary/aromatic N) is 2. The molecule has 1 N–H and O–H groups in total. The molecular formula is C18H13I2N3O. The van der Waals surface area contributed by atoms with Gasteiger partial charge in [0.2, 0.25) is 0 Å². The number of ether oxygens (including phenoxy) is 1. The molecule has 0 aliphatic carbocycles. The molecule has 24 heavy (non-hydrogen) atoms. The van der Waals surface area contributed by atoms with Gasteiger partial charge < -0.3 is 9.72 Å². The Hall–Kier alpha value is -1.60. The average molecular weight is 541 g/mol. The smallest absolute Gasteiger partial charge is 0.149 e. The lowest BCUT2D eigenvalue weighted by atomic mass is 10.1. The normalized spacial score (nSPS) is 11.5. The molecule has 120 valence electrons. The molecule has 6 heteroatoms. The van der Waals surface area contributed by atoms with E-state index in [1.54, 1.807) is 0 Å². The van der Waals surface area contributed by atoms with E-state index in [4.69, 9.17) is 4.74 Å². The second-order valence-electron chi connectivity index (χ2n) is 5.01. The van der Waals surface area contributed by atoms with Crippen molar-refractivity contribution < 1.29 is 4.74 Å². The number of rotatable bonds is 4. The standard InChI is InChI=1S/C18H13I2N3O/c1-2-24-17-11(8-13(19)9-14(17)20)7-12(10-21)18-22-15-5-3-4-6-16(15)23-18/h3-9H,2H2,1H3,(H,22,23). The van der Waals surface area contributed by atoms with Crippen LogP contribution in [0.5, 0.6) is 5.75 Å². The van der Waals surface area contributed by atoms with Gasteiger partial charge in [0.1, 0.15) is 17.6 Å². The summed E-state index contributed by atoms with van der Waals surface area (Å²) in [5, 5.41) is 9.60. The molecule has 0 aliphatic rings. The van der Waals surface area contributed by atoms with Crippen LogP contribution < -0.4 is 4.74 Å². The van der Waals surface area contributed by atoms with E-state index in [9.17, 15) is 5.26 Å². The fourth-order valence-corrected chi connectivity index (χ4v) is 4.42. The Labute approximate surface area is 167 Å². The molecular weight excluding hydrogens is 528 g/mol. The number of hydrogen-bond donors (Lipinski definition) is 1. The molecule has 4 nitrogen and oxygen atoms in total. The molecule has 0 fully saturated rings. The minimum atomic E-state index is 0.477. The third-order valence-electron chi connectivity index (χ3n) is 3.39. The maximum absolute atomic E-state index is 9.60. The first-order valence-electron chi connectivity index (χ1n) is 7.31. The summed E-state index contributed by atoms with van der Waals surface area (Å²) in [6.07, 6.45) is 1.83. The molecule has 0 atom stereocenters. The minimum Gasteiger partial charge on any atom is -0.492 e. The van der Waals surface area contributed by atoms with Gasteiger partial charge in [0.15, 0.2) is 0 Å². The van der Waals surface area contributed by atoms with Crippen molar-refractivity contribution in [3.8, 4) is 11.8 Å². The van der Waals surface area contributed by atoms with Gasteiger partial charge in [-0.2, -0.15) is 5.26 Å². The molecule has 0 spiro atoms. The summed E-state index contributed by atoms with van der Waals surface area (Å²) in [7, 11) is 0. The second-order valence-corrected chi connectivity index (χ2v) is 7.42. The number of aromatic amines is 1. The number of aromatic nitrogens is 2. The van der Waals surface area contributed by atoms with Crippen LogP contribution in [0.1, 0.15) is 18.3 Å². The lowest BCUT2D eigenvalue weighted by Crippen LogP contribution is -1.98. The van der Waals surface area contributed by atoms with Crippen molar-refractivity contribution in [2.75, 3.05) is 6.61 Å². The Bertz CT molecular complexity index is 937. The Kier molecular flexibility index (Phi) is 5.40. The summed E-state index contributed by atoms with van der Waals surface area (Å²) in [6, 6.07) is 14.0. The Morgan fingerprint density at radius 3 is 2.83 bits per heavy atom. The van der Waals surface area contributed by atoms with Crippen LogP contribution in [0.2, 0.25) is 0 Å². The highest BCUT2D eigenvalue weighted by Gasteiger charge is 2.12. The molecule has 1 heterocycles. The van der Waals surface area contributed by atoms with Gasteiger partial charge in [0.25, 0.3) is 0 Å². The molecule has 0 saturated heterocycles. The molecule has 2 aromatic carbocycles. The highest BCUT2D eigenvalue weighted by molar-refractivity contribution is 14.1. The van der Waals surface area contributed by atoms with E-state index in [-0.39, 0.29) is 0 Å². The van der Waals surface area contributed by atoms with Crippen LogP contribution in [0, 0.1) is 18.5 Å². The zero-order valence-corrected chi connectivity index (χ0v) is 17.1. The topological polar surface area (TPSA) is 61.7 Å². The first-order valence-corrected chi connectivity index (χ1v) is 9.47. The van der Waals surface area contributed by atoms with Crippen LogP contribution >= 0.6 is 45.2 Å². The molecule has 3 aromatic rings. The highest BCUT2D eigenvalue weighted by atomic mass is 127. The van der Waals surface area contributed by atoms with Crippen molar-refractivity contribution >= 4 is 67.9 Å². The third kappa shape index (κ3) is 3.57. The van der Waals surface area contributed by atoms with Crippen LogP contribution in [0.4, 0.5) is 0 Å². The Balaban J connectivity index is 2.13. The van der Waals surface area contributed by atoms with Gasteiger partial charge in [-0.25, -0.2) is 4.98 Å². The van der Waals surface area contributed by atoms with E-state index >= 15 is 0 Å². The van der Waals surface area contributed by atoms with E-state index in [0.717, 1.165) is 29.5 Å². The number of imidazole rings is 1. The first kappa shape index (κ1) is 17.2. The van der Waals surface area contributed by atoms with Crippen LogP contribution in [0.15, 0.2) is 36.4 Å². The lowest BCUT2D eigenvalue weighted by molar-refractivity contribution is 0.337. The molecule has 3 rings (SSSR count). The largest absolute Gasteiger partial charge is 0.492 e. The zero-order valence-electron chi connectivity index (χ0n) is 12.8. The maximum Gasteiger partial charge on any atom is 0.149 e. The maximum atomic E-state index is 9.60. The van der Waals surface area contributed by atoms with Gasteiger partial charge in [-0.3, -0.25) is 0 Å². The average Bonchev–Trinajstić information content (AvgIpc) is 2.99. The van der Waals surface area contributed by atoms with E-state index < -0.39 is 0 Å². The zero-order chi connectivity index (χ0) is 17.1. The molecule has 0 unspecified atom stereocenters. The predicted octanol–water partition coefficient (Wildman–Crippen LogP) is 5.23. The monoisotopic (exact) mass is 541 g/mol. The number of hydrogen-bond acceptors (Lipinski definition) is 3. The van der Waals surface area contributed by atoms with Crippen LogP contribution in [0.25, 0.3) is 22.7 Å². The van der Waals surface area contributed by atoms with Crippen LogP contribution in [0.3, 0.4) is 0 Å². The molecule has 0 radical (unpaired) electrons. The number of nitriles is 1. The summed E-state index contributed by atoms with van der Waals surface area (Å²) in [6.45, 7) is 2.52. The summed E-state index contributed by atoms with van der Waals surface area (Å²) >= 11 is 4.52. The highest BCUT2D eigenvalue weighted by Crippen LogP contribution is 2.31. The molecule has 0 saturated carbocycles. The Morgan fingerprint density at radius 2 is 2.12 bits per heavy atom. The molecule has 1 aromatic heterocycles. The lowest BCUT2D eigenvalue weighted by Gasteiger charge is -2.10. The van der Waals surface area contributed by atoms with E-state index in [1.165, 1.54) is 0 Å². The predicted molar refractivity (Wildman–Crippen MR) is 113 cm³/mol.